The number of nitrogens with two attached hydrogens (primary N) is 1. The molecular formula is C12H20FN4O7S+. The smallest absolute Gasteiger partial charge is 0.364 e. The molecule has 4 N–H and O–H groups in total. The van der Waals surface area contributed by atoms with Gasteiger partial charge < -0.3 is 11.1 Å². The number of nitrogens with one attached hydrogen (secondary N) is 1. The minimum atomic E-state index is -4.95. The molecule has 3 heterocycles. The zero-order chi connectivity index (χ0) is 18.4. The lowest BCUT2D eigenvalue weighted by molar-refractivity contribution is -1.06. The highest BCUT2D eigenvalue weighted by molar-refractivity contribution is 7.80. The minimum Gasteiger partial charge on any atom is -0.364 e. The van der Waals surface area contributed by atoms with Crippen LogP contribution in [-0.2, 0) is 24.3 Å². The Kier molecular flexibility index (Phi) is 4.72. The van der Waals surface area contributed by atoms with Crippen molar-refractivity contribution >= 4 is 22.3 Å². The van der Waals surface area contributed by atoms with E-state index in [-0.39, 0.29) is 32.4 Å². The van der Waals surface area contributed by atoms with Gasteiger partial charge in [0.25, 0.3) is 5.91 Å². The van der Waals surface area contributed by atoms with Crippen LogP contribution in [0.15, 0.2) is 0 Å². The summed E-state index contributed by atoms with van der Waals surface area (Å²) in [5.74, 6) is -0.815. The van der Waals surface area contributed by atoms with Gasteiger partial charge in [0.05, 0.1) is 0 Å². The predicted molar refractivity (Wildman–Crippen MR) is 78.3 cm³/mol. The van der Waals surface area contributed by atoms with Gasteiger partial charge in [-0.2, -0.15) is 13.3 Å². The van der Waals surface area contributed by atoms with Crippen LogP contribution in [0.3, 0.4) is 0 Å². The van der Waals surface area contributed by atoms with Gasteiger partial charge in [0.15, 0.2) is 6.10 Å². The Morgan fingerprint density at radius 1 is 1.40 bits per heavy atom. The number of hydrogen-bond donors (Lipinski definition) is 3. The number of piperidine rings is 2. The van der Waals surface area contributed by atoms with Crippen LogP contribution in [0.25, 0.3) is 0 Å². The Balaban J connectivity index is 1.93. The van der Waals surface area contributed by atoms with Crippen LogP contribution in [0.1, 0.15) is 19.3 Å². The summed E-state index contributed by atoms with van der Waals surface area (Å²) in [5.41, 5.74) is 5.39. The lowest BCUT2D eigenvalue weighted by atomic mass is 9.99. The van der Waals surface area contributed by atoms with E-state index in [1.165, 1.54) is 0 Å². The van der Waals surface area contributed by atoms with E-state index in [0.29, 0.717) is 11.6 Å². The largest absolute Gasteiger partial charge is 0.477 e. The molecule has 3 unspecified atom stereocenters. The van der Waals surface area contributed by atoms with Crippen molar-refractivity contribution in [3.63, 3.8) is 0 Å². The van der Waals surface area contributed by atoms with E-state index < -0.39 is 51.3 Å². The standard InChI is InChI=1S/C12H19FN4O7S/c13-8-5-15-4-3-10(8)23-17-6-7(1-2-9(17)11(14)18)16(12(17)19)24-25(20,21)22/h7-10,15H,1-6H2,(H2-,14,18,20,21,22)/p+1/t7-,8?,9+,10?,17?/m1/s1. The molecule has 0 spiro atoms. The van der Waals surface area contributed by atoms with Gasteiger partial charge in [-0.05, 0) is 19.4 Å². The molecule has 2 bridgehead atoms. The Morgan fingerprint density at radius 2 is 2.12 bits per heavy atom. The summed E-state index contributed by atoms with van der Waals surface area (Å²) in [4.78, 5) is 30.4. The molecule has 3 amide bonds. The Bertz CT molecular complexity index is 676. The second kappa shape index (κ2) is 6.41. The molecular weight excluding hydrogens is 363 g/mol. The number of hydroxylamine groups is 5. The maximum absolute atomic E-state index is 14.1. The number of halogens is 1. The lowest BCUT2D eigenvalue weighted by Crippen LogP contribution is -2.65. The number of carbonyl (C=O) groups excluding carboxylic acids is 2. The molecule has 13 heteroatoms. The second-order valence-corrected chi connectivity index (χ2v) is 7.40. The molecule has 3 aliphatic rings. The molecule has 142 valence electrons. The van der Waals surface area contributed by atoms with E-state index in [0.717, 1.165) is 0 Å². The van der Waals surface area contributed by atoms with Crippen molar-refractivity contribution in [3.05, 3.63) is 0 Å². The molecule has 3 saturated heterocycles. The molecule has 0 aromatic carbocycles. The van der Waals surface area contributed by atoms with Crippen molar-refractivity contribution < 1.29 is 40.7 Å². The molecule has 3 aliphatic heterocycles. The van der Waals surface area contributed by atoms with E-state index in [9.17, 15) is 22.4 Å². The van der Waals surface area contributed by atoms with Crippen molar-refractivity contribution in [3.8, 4) is 0 Å². The van der Waals surface area contributed by atoms with Crippen molar-refractivity contribution in [1.29, 1.82) is 0 Å². The van der Waals surface area contributed by atoms with Crippen LogP contribution < -0.4 is 11.1 Å². The first kappa shape index (κ1) is 18.4. The van der Waals surface area contributed by atoms with Gasteiger partial charge in [0, 0.05) is 13.0 Å². The predicted octanol–water partition coefficient (Wildman–Crippen LogP) is -1.38. The van der Waals surface area contributed by atoms with Crippen LogP contribution in [0.5, 0.6) is 0 Å². The average molecular weight is 383 g/mol. The first-order valence-corrected chi connectivity index (χ1v) is 9.21. The summed E-state index contributed by atoms with van der Waals surface area (Å²) in [5, 5.41) is 3.32. The maximum Gasteiger partial charge on any atom is 0.477 e. The highest BCUT2D eigenvalue weighted by Gasteiger charge is 2.66. The number of alkyl halides is 1. The monoisotopic (exact) mass is 383 g/mol. The highest BCUT2D eigenvalue weighted by atomic mass is 32.3. The van der Waals surface area contributed by atoms with Gasteiger partial charge in [-0.1, -0.05) is 4.65 Å². The van der Waals surface area contributed by atoms with E-state index in [4.69, 9.17) is 15.1 Å². The first-order valence-electron chi connectivity index (χ1n) is 7.85. The number of primary amides is 1. The Hall–Kier alpha value is -1.38. The number of fused-ring (bicyclic) bond motifs is 2. The summed E-state index contributed by atoms with van der Waals surface area (Å²) in [6.07, 6.45) is -1.73. The van der Waals surface area contributed by atoms with Crippen molar-refractivity contribution in [2.75, 3.05) is 19.6 Å². The van der Waals surface area contributed by atoms with Crippen LogP contribution in [0.2, 0.25) is 0 Å². The first-order chi connectivity index (χ1) is 11.6. The molecule has 3 rings (SSSR count). The maximum atomic E-state index is 14.1. The zero-order valence-electron chi connectivity index (χ0n) is 13.2. The number of hydrogen-bond acceptors (Lipinski definition) is 7. The number of rotatable bonds is 5. The Labute approximate surface area is 143 Å². The summed E-state index contributed by atoms with van der Waals surface area (Å²) in [6.45, 7) is 0.378. The number of amides is 3. The molecule has 5 atom stereocenters. The third kappa shape index (κ3) is 3.35. The second-order valence-electron chi connectivity index (χ2n) is 6.39. The lowest BCUT2D eigenvalue weighted by Gasteiger charge is -2.39. The number of carbonyl (C=O) groups is 2. The van der Waals surface area contributed by atoms with Crippen molar-refractivity contribution in [2.24, 2.45) is 5.73 Å². The fourth-order valence-electron chi connectivity index (χ4n) is 3.68. The van der Waals surface area contributed by atoms with Crippen LogP contribution in [0, 0.1) is 0 Å². The third-order valence-electron chi connectivity index (χ3n) is 4.78. The van der Waals surface area contributed by atoms with E-state index in [2.05, 4.69) is 9.60 Å². The molecule has 3 fully saturated rings. The molecule has 0 saturated carbocycles. The van der Waals surface area contributed by atoms with Gasteiger partial charge in [-0.3, -0.25) is 9.35 Å². The van der Waals surface area contributed by atoms with Gasteiger partial charge in [0.1, 0.15) is 18.8 Å². The van der Waals surface area contributed by atoms with Gasteiger partial charge >= 0.3 is 16.4 Å². The van der Waals surface area contributed by atoms with Gasteiger partial charge in [0.2, 0.25) is 6.04 Å². The molecule has 0 aromatic heterocycles. The van der Waals surface area contributed by atoms with E-state index >= 15 is 0 Å². The topological polar surface area (TPSA) is 148 Å². The molecule has 0 aromatic rings. The molecule has 25 heavy (non-hydrogen) atoms. The molecule has 0 aliphatic carbocycles. The fourth-order valence-corrected chi connectivity index (χ4v) is 4.07. The number of nitrogens with zero attached hydrogens (tertiary/aromatic N) is 2. The van der Waals surface area contributed by atoms with Crippen LogP contribution in [0.4, 0.5) is 9.18 Å². The number of urea groups is 1. The van der Waals surface area contributed by atoms with E-state index in [1.807, 2.05) is 0 Å². The van der Waals surface area contributed by atoms with Crippen molar-refractivity contribution in [2.45, 2.75) is 43.6 Å². The van der Waals surface area contributed by atoms with E-state index in [1.54, 1.807) is 0 Å². The summed E-state index contributed by atoms with van der Waals surface area (Å²) < 4.78 is 48.5. The quantitative estimate of drug-likeness (QED) is 0.389. The Morgan fingerprint density at radius 3 is 2.72 bits per heavy atom. The summed E-state index contributed by atoms with van der Waals surface area (Å²) >= 11 is 0. The normalized spacial score (nSPS) is 38.8. The van der Waals surface area contributed by atoms with Gasteiger partial charge in [-0.15, -0.1) is 9.35 Å². The van der Waals surface area contributed by atoms with Crippen LogP contribution in [-0.4, -0.2) is 78.6 Å². The molecule has 0 radical (unpaired) electrons. The van der Waals surface area contributed by atoms with Crippen LogP contribution >= 0.6 is 0 Å². The van der Waals surface area contributed by atoms with Crippen molar-refractivity contribution in [1.82, 2.24) is 10.4 Å². The zero-order valence-corrected chi connectivity index (χ0v) is 14.0. The number of quaternary nitrogens is 1. The molecule has 11 nitrogen and oxygen atoms in total. The van der Waals surface area contributed by atoms with Gasteiger partial charge in [-0.25, -0.2) is 9.18 Å². The summed E-state index contributed by atoms with van der Waals surface area (Å²) in [7, 11) is -4.95. The highest BCUT2D eigenvalue weighted by Crippen LogP contribution is 2.40. The third-order valence-corrected chi connectivity index (χ3v) is 5.13. The summed E-state index contributed by atoms with van der Waals surface area (Å²) in [6, 6.07) is -2.85. The fraction of sp³-hybridized carbons (Fsp3) is 0.833. The average Bonchev–Trinajstić information content (AvgIpc) is 2.70. The SMILES string of the molecule is NC(=O)[C@@H]1CC[C@@H]2C[N+]1(OC1CCNCC1F)C(=O)N2OS(=O)(=O)O. The minimum absolute atomic E-state index is 0.0365.